The van der Waals surface area contributed by atoms with E-state index >= 15 is 0 Å². The third-order valence-electron chi connectivity index (χ3n) is 4.56. The van der Waals surface area contributed by atoms with Gasteiger partial charge >= 0.3 is 0 Å². The minimum absolute atomic E-state index is 0.311. The molecule has 1 aromatic carbocycles. The molecule has 4 rings (SSSR count). The van der Waals surface area contributed by atoms with E-state index in [0.29, 0.717) is 5.96 Å². The molecule has 6 nitrogen and oxygen atoms in total. The third-order valence-corrected chi connectivity index (χ3v) is 5.50. The number of guanidine groups is 1. The summed E-state index contributed by atoms with van der Waals surface area (Å²) in [5, 5.41) is 3.11. The van der Waals surface area contributed by atoms with E-state index in [1.54, 1.807) is 23.3 Å². The van der Waals surface area contributed by atoms with Crippen molar-refractivity contribution in [2.45, 2.75) is 6.17 Å². The van der Waals surface area contributed by atoms with Gasteiger partial charge in [0.25, 0.3) is 0 Å². The molecular weight excluding hydrogens is 322 g/mol. The highest BCUT2D eigenvalue weighted by molar-refractivity contribution is 7.14. The highest BCUT2D eigenvalue weighted by Crippen LogP contribution is 2.44. The lowest BCUT2D eigenvalue weighted by atomic mass is 9.98. The molecule has 24 heavy (non-hydrogen) atoms. The average molecular weight is 341 g/mol. The zero-order valence-corrected chi connectivity index (χ0v) is 14.6. The Morgan fingerprint density at radius 1 is 1.29 bits per heavy atom. The molecule has 0 bridgehead atoms. The van der Waals surface area contributed by atoms with Crippen molar-refractivity contribution in [3.8, 4) is 16.2 Å². The number of nitrogens with two attached hydrogens (primary N) is 2. The zero-order valence-electron chi connectivity index (χ0n) is 13.8. The average Bonchev–Trinajstić information content (AvgIpc) is 3.19. The van der Waals surface area contributed by atoms with Crippen LogP contribution in [0.3, 0.4) is 0 Å². The molecule has 1 unspecified atom stereocenters. The largest absolute Gasteiger partial charge is 0.496 e. The number of aryl methyl sites for hydroxylation is 1. The van der Waals surface area contributed by atoms with Gasteiger partial charge in [0.05, 0.1) is 18.3 Å². The Balaban J connectivity index is 2.05. The van der Waals surface area contributed by atoms with Crippen LogP contribution < -0.4 is 16.2 Å². The number of aliphatic imine (C=N–C) groups is 1. The Bertz CT molecular complexity index is 971. The topological polar surface area (TPSA) is 81.8 Å². The van der Waals surface area contributed by atoms with Gasteiger partial charge in [-0.05, 0) is 18.2 Å². The number of hydrogen-bond acceptors (Lipinski definition) is 6. The lowest BCUT2D eigenvalue weighted by Crippen LogP contribution is -2.42. The van der Waals surface area contributed by atoms with E-state index in [2.05, 4.69) is 21.7 Å². The smallest absolute Gasteiger partial charge is 0.197 e. The van der Waals surface area contributed by atoms with E-state index < -0.39 is 0 Å². The molecule has 3 heterocycles. The van der Waals surface area contributed by atoms with Gasteiger partial charge < -0.3 is 25.7 Å². The zero-order chi connectivity index (χ0) is 17.0. The van der Waals surface area contributed by atoms with Crippen molar-refractivity contribution in [3.05, 3.63) is 35.3 Å². The number of aromatic nitrogens is 1. The number of ether oxygens (including phenoxy) is 1. The molecular formula is C17H19N5OS. The fourth-order valence-electron chi connectivity index (χ4n) is 3.20. The van der Waals surface area contributed by atoms with Crippen LogP contribution in [0.2, 0.25) is 0 Å². The van der Waals surface area contributed by atoms with Crippen LogP contribution >= 0.6 is 11.3 Å². The molecule has 1 atom stereocenters. The minimum atomic E-state index is -0.311. The van der Waals surface area contributed by atoms with Gasteiger partial charge in [-0.25, -0.2) is 4.99 Å². The molecule has 0 saturated heterocycles. The van der Waals surface area contributed by atoms with Crippen LogP contribution in [0.5, 0.6) is 5.75 Å². The number of thiophene rings is 1. The molecule has 4 N–H and O–H groups in total. The van der Waals surface area contributed by atoms with Crippen LogP contribution in [0, 0.1) is 0 Å². The molecule has 0 amide bonds. The van der Waals surface area contributed by atoms with Crippen molar-refractivity contribution in [2.75, 3.05) is 14.2 Å². The molecule has 7 heteroatoms. The van der Waals surface area contributed by atoms with Gasteiger partial charge in [0, 0.05) is 47.1 Å². The van der Waals surface area contributed by atoms with Gasteiger partial charge in [-0.2, -0.15) is 0 Å². The maximum Gasteiger partial charge on any atom is 0.197 e. The molecule has 3 aromatic rings. The monoisotopic (exact) mass is 341 g/mol. The Morgan fingerprint density at radius 3 is 2.79 bits per heavy atom. The summed E-state index contributed by atoms with van der Waals surface area (Å²) < 4.78 is 7.45. The number of hydrogen-bond donors (Lipinski definition) is 2. The van der Waals surface area contributed by atoms with Crippen molar-refractivity contribution in [3.63, 3.8) is 0 Å². The SMILES string of the molecule is COc1csc(-c2cc3c(c4ccn(C)c24)C(N)N(C)C(N)=N3)c1. The van der Waals surface area contributed by atoms with Crippen LogP contribution in [-0.2, 0) is 7.05 Å². The second kappa shape index (κ2) is 5.25. The first kappa shape index (κ1) is 15.0. The highest BCUT2D eigenvalue weighted by atomic mass is 32.1. The van der Waals surface area contributed by atoms with Crippen molar-refractivity contribution < 1.29 is 4.74 Å². The number of nitrogens with zero attached hydrogens (tertiary/aromatic N) is 3. The maximum atomic E-state index is 6.41. The third kappa shape index (κ3) is 2.02. The number of methoxy groups -OCH3 is 1. The molecule has 1 aliphatic rings. The molecule has 0 fully saturated rings. The Labute approximate surface area is 143 Å². The van der Waals surface area contributed by atoms with Gasteiger partial charge in [-0.3, -0.25) is 0 Å². The normalized spacial score (nSPS) is 17.1. The Morgan fingerprint density at radius 2 is 2.08 bits per heavy atom. The highest BCUT2D eigenvalue weighted by Gasteiger charge is 2.27. The van der Waals surface area contributed by atoms with Crippen LogP contribution in [0.4, 0.5) is 5.69 Å². The van der Waals surface area contributed by atoms with E-state index in [-0.39, 0.29) is 6.17 Å². The number of fused-ring (bicyclic) bond motifs is 3. The second-order valence-corrected chi connectivity index (χ2v) is 6.83. The van der Waals surface area contributed by atoms with E-state index in [9.17, 15) is 0 Å². The van der Waals surface area contributed by atoms with Crippen molar-refractivity contribution in [1.29, 1.82) is 0 Å². The number of rotatable bonds is 2. The van der Waals surface area contributed by atoms with Gasteiger partial charge in [-0.15, -0.1) is 11.3 Å². The Kier molecular flexibility index (Phi) is 3.29. The van der Waals surface area contributed by atoms with Crippen LogP contribution in [0.1, 0.15) is 11.7 Å². The summed E-state index contributed by atoms with van der Waals surface area (Å²) in [6.07, 6.45) is 1.74. The summed E-state index contributed by atoms with van der Waals surface area (Å²) in [5.41, 5.74) is 16.5. The molecule has 124 valence electrons. The van der Waals surface area contributed by atoms with Gasteiger partial charge in [0.2, 0.25) is 0 Å². The van der Waals surface area contributed by atoms with Crippen molar-refractivity contribution in [2.24, 2.45) is 23.5 Å². The van der Waals surface area contributed by atoms with Crippen molar-refractivity contribution in [1.82, 2.24) is 9.47 Å². The van der Waals surface area contributed by atoms with E-state index in [1.165, 1.54) is 0 Å². The summed E-state index contributed by atoms with van der Waals surface area (Å²) in [4.78, 5) is 7.48. The van der Waals surface area contributed by atoms with Gasteiger partial charge in [0.1, 0.15) is 11.9 Å². The molecule has 0 radical (unpaired) electrons. The molecule has 0 spiro atoms. The predicted octanol–water partition coefficient (Wildman–Crippen LogP) is 2.76. The lowest BCUT2D eigenvalue weighted by Gasteiger charge is -2.31. The first-order chi connectivity index (χ1) is 11.5. The minimum Gasteiger partial charge on any atom is -0.496 e. The quantitative estimate of drug-likeness (QED) is 0.751. The van der Waals surface area contributed by atoms with Crippen LogP contribution in [0.15, 0.2) is 34.8 Å². The first-order valence-electron chi connectivity index (χ1n) is 7.58. The molecule has 0 saturated carbocycles. The van der Waals surface area contributed by atoms with E-state index in [0.717, 1.165) is 38.3 Å². The summed E-state index contributed by atoms with van der Waals surface area (Å²) >= 11 is 1.65. The maximum absolute atomic E-state index is 6.41. The van der Waals surface area contributed by atoms with E-state index in [4.69, 9.17) is 16.2 Å². The molecule has 2 aromatic heterocycles. The van der Waals surface area contributed by atoms with Gasteiger partial charge in [0.15, 0.2) is 5.96 Å². The fourth-order valence-corrected chi connectivity index (χ4v) is 4.07. The molecule has 0 aliphatic carbocycles. The summed E-state index contributed by atoms with van der Waals surface area (Å²) in [6.45, 7) is 0. The summed E-state index contributed by atoms with van der Waals surface area (Å²) in [6, 6.07) is 6.21. The first-order valence-corrected chi connectivity index (χ1v) is 8.46. The van der Waals surface area contributed by atoms with Crippen LogP contribution in [-0.4, -0.2) is 29.6 Å². The second-order valence-electron chi connectivity index (χ2n) is 5.92. The van der Waals surface area contributed by atoms with Crippen LogP contribution in [0.25, 0.3) is 21.3 Å². The predicted molar refractivity (Wildman–Crippen MR) is 98.8 cm³/mol. The Hall–Kier alpha value is -2.51. The number of benzene rings is 1. The van der Waals surface area contributed by atoms with Crippen molar-refractivity contribution >= 4 is 33.9 Å². The lowest BCUT2D eigenvalue weighted by molar-refractivity contribution is 0.378. The standard InChI is InChI=1S/C17H19N5OS/c1-21-5-4-10-14-12(20-17(19)22(2)16(14)18)7-11(15(10)21)13-6-9(23-3)8-24-13/h4-8,16H,18H2,1-3H3,(H2,19,20). The fraction of sp³-hybridized carbons (Fsp3) is 0.235. The summed E-state index contributed by atoms with van der Waals surface area (Å²) in [7, 11) is 5.58. The van der Waals surface area contributed by atoms with E-state index in [1.807, 2.05) is 31.7 Å². The van der Waals surface area contributed by atoms with Gasteiger partial charge in [-0.1, -0.05) is 0 Å². The molecule has 1 aliphatic heterocycles. The summed E-state index contributed by atoms with van der Waals surface area (Å²) in [5.74, 6) is 1.29.